The number of halogens is 1. The topological polar surface area (TPSA) is 57.0 Å². The third-order valence-electron chi connectivity index (χ3n) is 3.01. The Morgan fingerprint density at radius 3 is 2.67 bits per heavy atom. The molecule has 0 bridgehead atoms. The SMILES string of the molecule is O=c1c2ccccc2nnn1CCOc1ccc(Cl)cc1. The number of nitrogens with zero attached hydrogens (tertiary/aromatic N) is 3. The van der Waals surface area contributed by atoms with Crippen LogP contribution in [-0.4, -0.2) is 21.6 Å². The molecule has 0 saturated carbocycles. The van der Waals surface area contributed by atoms with E-state index in [1.165, 1.54) is 4.68 Å². The van der Waals surface area contributed by atoms with Crippen molar-refractivity contribution in [3.63, 3.8) is 0 Å². The number of hydrogen-bond donors (Lipinski definition) is 0. The minimum atomic E-state index is -0.166. The molecule has 0 spiro atoms. The van der Waals surface area contributed by atoms with Crippen LogP contribution < -0.4 is 10.3 Å². The number of rotatable bonds is 4. The molecule has 21 heavy (non-hydrogen) atoms. The van der Waals surface area contributed by atoms with Crippen molar-refractivity contribution in [2.75, 3.05) is 6.61 Å². The standard InChI is InChI=1S/C15H12ClN3O2/c16-11-5-7-12(8-6-11)21-10-9-19-15(20)13-3-1-2-4-14(13)17-18-19/h1-8H,9-10H2. The Bertz CT molecular complexity index is 815. The van der Waals surface area contributed by atoms with Crippen molar-refractivity contribution in [2.24, 2.45) is 0 Å². The average molecular weight is 302 g/mol. The third kappa shape index (κ3) is 3.03. The van der Waals surface area contributed by atoms with E-state index in [1.54, 1.807) is 42.5 Å². The molecule has 0 aliphatic rings. The predicted molar refractivity (Wildman–Crippen MR) is 80.7 cm³/mol. The molecule has 1 heterocycles. The molecule has 0 aliphatic carbocycles. The first kappa shape index (κ1) is 13.6. The number of hydrogen-bond acceptors (Lipinski definition) is 4. The minimum absolute atomic E-state index is 0.166. The van der Waals surface area contributed by atoms with Crippen LogP contribution in [0.2, 0.25) is 5.02 Å². The molecule has 0 amide bonds. The van der Waals surface area contributed by atoms with Gasteiger partial charge >= 0.3 is 0 Å². The summed E-state index contributed by atoms with van der Waals surface area (Å²) < 4.78 is 6.85. The predicted octanol–water partition coefficient (Wildman–Crippen LogP) is 2.52. The van der Waals surface area contributed by atoms with Gasteiger partial charge in [-0.1, -0.05) is 28.9 Å². The summed E-state index contributed by atoms with van der Waals surface area (Å²) in [5.41, 5.74) is 0.428. The molecule has 0 fully saturated rings. The van der Waals surface area contributed by atoms with Crippen molar-refractivity contribution in [3.05, 3.63) is 63.9 Å². The second kappa shape index (κ2) is 5.93. The fourth-order valence-corrected chi connectivity index (χ4v) is 2.08. The summed E-state index contributed by atoms with van der Waals surface area (Å²) in [6.07, 6.45) is 0. The normalized spacial score (nSPS) is 10.7. The van der Waals surface area contributed by atoms with E-state index in [1.807, 2.05) is 6.07 Å². The lowest BCUT2D eigenvalue weighted by molar-refractivity contribution is 0.285. The lowest BCUT2D eigenvalue weighted by atomic mass is 10.2. The second-order valence-corrected chi connectivity index (χ2v) is 4.87. The van der Waals surface area contributed by atoms with Crippen LogP contribution in [0.4, 0.5) is 0 Å². The molecule has 0 saturated heterocycles. The van der Waals surface area contributed by atoms with Crippen molar-refractivity contribution in [2.45, 2.75) is 6.54 Å². The number of aromatic nitrogens is 3. The molecule has 106 valence electrons. The van der Waals surface area contributed by atoms with Crippen LogP contribution in [0.25, 0.3) is 10.9 Å². The number of benzene rings is 2. The average Bonchev–Trinajstić information content (AvgIpc) is 2.52. The molecule has 3 aromatic rings. The van der Waals surface area contributed by atoms with E-state index in [2.05, 4.69) is 10.3 Å². The highest BCUT2D eigenvalue weighted by molar-refractivity contribution is 6.30. The van der Waals surface area contributed by atoms with Gasteiger partial charge in [0.1, 0.15) is 17.9 Å². The van der Waals surface area contributed by atoms with Crippen molar-refractivity contribution in [3.8, 4) is 5.75 Å². The summed E-state index contributed by atoms with van der Waals surface area (Å²) in [7, 11) is 0. The zero-order valence-electron chi connectivity index (χ0n) is 11.1. The van der Waals surface area contributed by atoms with Gasteiger partial charge in [0.15, 0.2) is 0 Å². The lowest BCUT2D eigenvalue weighted by Gasteiger charge is -2.07. The van der Waals surface area contributed by atoms with Crippen LogP contribution in [0.5, 0.6) is 5.75 Å². The van der Waals surface area contributed by atoms with Gasteiger partial charge < -0.3 is 4.74 Å². The summed E-state index contributed by atoms with van der Waals surface area (Å²) in [5, 5.41) is 9.13. The van der Waals surface area contributed by atoms with Crippen molar-refractivity contribution in [1.82, 2.24) is 15.0 Å². The first-order valence-corrected chi connectivity index (χ1v) is 6.83. The number of fused-ring (bicyclic) bond motifs is 1. The smallest absolute Gasteiger partial charge is 0.277 e. The maximum Gasteiger partial charge on any atom is 0.277 e. The Morgan fingerprint density at radius 1 is 1.10 bits per heavy atom. The highest BCUT2D eigenvalue weighted by atomic mass is 35.5. The molecule has 0 unspecified atom stereocenters. The molecule has 3 rings (SSSR count). The van der Waals surface area contributed by atoms with Gasteiger partial charge in [-0.25, -0.2) is 4.68 Å². The molecule has 2 aromatic carbocycles. The van der Waals surface area contributed by atoms with Gasteiger partial charge in [0, 0.05) is 5.02 Å². The van der Waals surface area contributed by atoms with E-state index in [0.29, 0.717) is 34.8 Å². The first-order chi connectivity index (χ1) is 10.2. The van der Waals surface area contributed by atoms with Crippen LogP contribution in [0.3, 0.4) is 0 Å². The largest absolute Gasteiger partial charge is 0.492 e. The molecular formula is C15H12ClN3O2. The van der Waals surface area contributed by atoms with Gasteiger partial charge in [0.25, 0.3) is 5.56 Å². The Morgan fingerprint density at radius 2 is 1.86 bits per heavy atom. The monoisotopic (exact) mass is 301 g/mol. The van der Waals surface area contributed by atoms with Gasteiger partial charge in [-0.05, 0) is 36.4 Å². The maximum atomic E-state index is 12.2. The van der Waals surface area contributed by atoms with Crippen LogP contribution in [0, 0.1) is 0 Å². The summed E-state index contributed by atoms with van der Waals surface area (Å²) in [5.74, 6) is 0.696. The Kier molecular flexibility index (Phi) is 3.83. The zero-order chi connectivity index (χ0) is 14.7. The van der Waals surface area contributed by atoms with Crippen molar-refractivity contribution < 1.29 is 4.74 Å². The maximum absolute atomic E-state index is 12.2. The Hall–Kier alpha value is -2.40. The third-order valence-corrected chi connectivity index (χ3v) is 3.27. The summed E-state index contributed by atoms with van der Waals surface area (Å²) >= 11 is 5.80. The second-order valence-electron chi connectivity index (χ2n) is 4.44. The van der Waals surface area contributed by atoms with Gasteiger partial charge in [-0.3, -0.25) is 4.79 Å². The lowest BCUT2D eigenvalue weighted by Crippen LogP contribution is -2.26. The van der Waals surface area contributed by atoms with E-state index in [0.717, 1.165) is 0 Å². The van der Waals surface area contributed by atoms with E-state index >= 15 is 0 Å². The van der Waals surface area contributed by atoms with Crippen molar-refractivity contribution in [1.29, 1.82) is 0 Å². The van der Waals surface area contributed by atoms with Gasteiger partial charge in [0.05, 0.1) is 11.9 Å². The van der Waals surface area contributed by atoms with E-state index < -0.39 is 0 Å². The van der Waals surface area contributed by atoms with Crippen LogP contribution in [-0.2, 0) is 6.54 Å². The van der Waals surface area contributed by atoms with E-state index in [-0.39, 0.29) is 5.56 Å². The summed E-state index contributed by atoms with van der Waals surface area (Å²) in [6, 6.07) is 14.2. The van der Waals surface area contributed by atoms with Crippen LogP contribution in [0.1, 0.15) is 0 Å². The summed E-state index contributed by atoms with van der Waals surface area (Å²) in [6.45, 7) is 0.661. The van der Waals surface area contributed by atoms with E-state index in [4.69, 9.17) is 16.3 Å². The quantitative estimate of drug-likeness (QED) is 0.743. The van der Waals surface area contributed by atoms with E-state index in [9.17, 15) is 4.79 Å². The van der Waals surface area contributed by atoms with Gasteiger partial charge in [0.2, 0.25) is 0 Å². The molecule has 0 radical (unpaired) electrons. The fraction of sp³-hybridized carbons (Fsp3) is 0.133. The highest BCUT2D eigenvalue weighted by Crippen LogP contribution is 2.15. The molecule has 0 aliphatic heterocycles. The summed E-state index contributed by atoms with van der Waals surface area (Å²) in [4.78, 5) is 12.2. The van der Waals surface area contributed by atoms with Crippen LogP contribution >= 0.6 is 11.6 Å². The highest BCUT2D eigenvalue weighted by Gasteiger charge is 2.04. The molecule has 5 nitrogen and oxygen atoms in total. The van der Waals surface area contributed by atoms with Gasteiger partial charge in [-0.15, -0.1) is 5.10 Å². The Labute approximate surface area is 125 Å². The molecule has 0 N–H and O–H groups in total. The molecular weight excluding hydrogens is 290 g/mol. The molecule has 1 aromatic heterocycles. The molecule has 6 heteroatoms. The van der Waals surface area contributed by atoms with Crippen molar-refractivity contribution >= 4 is 22.5 Å². The van der Waals surface area contributed by atoms with Gasteiger partial charge in [-0.2, -0.15) is 0 Å². The first-order valence-electron chi connectivity index (χ1n) is 6.45. The fourth-order valence-electron chi connectivity index (χ4n) is 1.95. The minimum Gasteiger partial charge on any atom is -0.492 e. The zero-order valence-corrected chi connectivity index (χ0v) is 11.8. The van der Waals surface area contributed by atoms with Crippen LogP contribution in [0.15, 0.2) is 53.3 Å². The number of ether oxygens (including phenoxy) is 1. The Balaban J connectivity index is 1.72. The molecule has 0 atom stereocenters.